The summed E-state index contributed by atoms with van der Waals surface area (Å²) >= 11 is 0. The fraction of sp³-hybridized carbons (Fsp3) is 0.0323. The summed E-state index contributed by atoms with van der Waals surface area (Å²) in [5.74, 6) is 0. The minimum atomic E-state index is -0.556. The Morgan fingerprint density at radius 2 is 1.24 bits per heavy atom. The fourth-order valence-corrected chi connectivity index (χ4v) is 6.04. The molecule has 0 radical (unpaired) electrons. The lowest BCUT2D eigenvalue weighted by Crippen LogP contribution is -2.36. The maximum absolute atomic E-state index is 10.9. The van der Waals surface area contributed by atoms with E-state index in [1.807, 2.05) is 18.2 Å². The van der Waals surface area contributed by atoms with Crippen LogP contribution in [0.3, 0.4) is 0 Å². The number of fused-ring (bicyclic) bond motifs is 6. The van der Waals surface area contributed by atoms with Gasteiger partial charge in [0.05, 0.1) is 5.41 Å². The second kappa shape index (κ2) is 7.21. The summed E-state index contributed by atoms with van der Waals surface area (Å²) in [6.07, 6.45) is 0. The van der Waals surface area contributed by atoms with Crippen molar-refractivity contribution in [2.75, 3.05) is 0 Å². The van der Waals surface area contributed by atoms with Crippen molar-refractivity contribution in [2.45, 2.75) is 5.41 Å². The Hall–Kier alpha value is -4.08. The highest BCUT2D eigenvalue weighted by molar-refractivity contribution is 6.52. The molecule has 0 saturated heterocycles. The van der Waals surface area contributed by atoms with Crippen molar-refractivity contribution < 1.29 is 9.44 Å². The minimum Gasteiger partial charge on any atom is -0.457 e. The van der Waals surface area contributed by atoms with Crippen molar-refractivity contribution in [1.82, 2.24) is 0 Å². The van der Waals surface area contributed by atoms with Crippen LogP contribution in [0, 0.1) is 0 Å². The van der Waals surface area contributed by atoms with Crippen LogP contribution in [0.4, 0.5) is 0 Å². The molecular weight excluding hydrogens is 415 g/mol. The fourth-order valence-electron chi connectivity index (χ4n) is 6.04. The normalized spacial score (nSPS) is 13.7. The zero-order valence-corrected chi connectivity index (χ0v) is 18.5. The molecule has 3 heteroatoms. The number of hydrogen-bond donors (Lipinski definition) is 1. The van der Waals surface area contributed by atoms with E-state index in [0.29, 0.717) is 0 Å². The van der Waals surface area contributed by atoms with E-state index in [4.69, 9.17) is 4.42 Å². The van der Waals surface area contributed by atoms with Crippen LogP contribution in [0.5, 0.6) is 0 Å². The molecular formula is C31H21BO2. The molecule has 0 spiro atoms. The molecule has 1 aliphatic rings. The van der Waals surface area contributed by atoms with E-state index < -0.39 is 5.41 Å². The molecule has 1 aromatic heterocycles. The Morgan fingerprint density at radius 1 is 0.618 bits per heavy atom. The Labute approximate surface area is 198 Å². The van der Waals surface area contributed by atoms with Crippen molar-refractivity contribution in [3.63, 3.8) is 0 Å². The summed E-state index contributed by atoms with van der Waals surface area (Å²) < 4.78 is 6.40. The zero-order valence-electron chi connectivity index (χ0n) is 18.5. The Bertz CT molecular complexity index is 1640. The molecule has 1 aliphatic carbocycles. The Morgan fingerprint density at radius 3 is 1.94 bits per heavy atom. The Kier molecular flexibility index (Phi) is 4.11. The molecule has 0 fully saturated rings. The van der Waals surface area contributed by atoms with Gasteiger partial charge < -0.3 is 9.44 Å². The first kappa shape index (κ1) is 19.4. The van der Waals surface area contributed by atoms with E-state index in [9.17, 15) is 5.02 Å². The highest BCUT2D eigenvalue weighted by Crippen LogP contribution is 2.56. The minimum absolute atomic E-state index is 0.102. The van der Waals surface area contributed by atoms with E-state index in [0.717, 1.165) is 38.5 Å². The lowest BCUT2D eigenvalue weighted by molar-refractivity contribution is 0.612. The largest absolute Gasteiger partial charge is 0.457 e. The number of furan rings is 1. The first-order valence-electron chi connectivity index (χ1n) is 11.6. The van der Waals surface area contributed by atoms with Crippen molar-refractivity contribution in [2.24, 2.45) is 0 Å². The van der Waals surface area contributed by atoms with E-state index in [2.05, 4.69) is 97.1 Å². The summed E-state index contributed by atoms with van der Waals surface area (Å²) in [6, 6.07) is 40.3. The highest BCUT2D eigenvalue weighted by atomic mass is 16.3. The van der Waals surface area contributed by atoms with Gasteiger partial charge in [-0.1, -0.05) is 103 Å². The van der Waals surface area contributed by atoms with Crippen LogP contribution in [-0.4, -0.2) is 12.5 Å². The van der Waals surface area contributed by atoms with Gasteiger partial charge in [0.15, 0.2) is 0 Å². The molecule has 0 saturated carbocycles. The molecule has 7 rings (SSSR count). The summed E-state index contributed by atoms with van der Waals surface area (Å²) in [5.41, 5.74) is 8.97. The third-order valence-corrected chi connectivity index (χ3v) is 7.34. The lowest BCUT2D eigenvalue weighted by Gasteiger charge is -2.35. The maximum Gasteiger partial charge on any atom is 0.309 e. The molecule has 0 bridgehead atoms. The van der Waals surface area contributed by atoms with Gasteiger partial charge in [-0.05, 0) is 51.0 Å². The second-order valence-corrected chi connectivity index (χ2v) is 8.94. The maximum atomic E-state index is 10.9. The predicted octanol–water partition coefficient (Wildman–Crippen LogP) is 5.92. The molecule has 34 heavy (non-hydrogen) atoms. The van der Waals surface area contributed by atoms with Gasteiger partial charge in [0, 0.05) is 10.8 Å². The van der Waals surface area contributed by atoms with Crippen molar-refractivity contribution in [3.05, 3.63) is 138 Å². The average Bonchev–Trinajstić information content (AvgIpc) is 3.42. The van der Waals surface area contributed by atoms with E-state index in [1.54, 1.807) is 0 Å². The smallest absolute Gasteiger partial charge is 0.309 e. The van der Waals surface area contributed by atoms with Crippen LogP contribution in [0.2, 0.25) is 0 Å². The topological polar surface area (TPSA) is 33.4 Å². The molecule has 0 aliphatic heterocycles. The van der Waals surface area contributed by atoms with E-state index in [-0.39, 0.29) is 7.48 Å². The van der Waals surface area contributed by atoms with Crippen LogP contribution < -0.4 is 5.46 Å². The van der Waals surface area contributed by atoms with Crippen LogP contribution in [-0.2, 0) is 5.41 Å². The molecule has 0 unspecified atom stereocenters. The number of para-hydroxylation sites is 1. The van der Waals surface area contributed by atoms with Gasteiger partial charge in [-0.15, -0.1) is 0 Å². The zero-order chi connectivity index (χ0) is 22.7. The molecule has 6 aromatic rings. The van der Waals surface area contributed by atoms with Crippen LogP contribution in [0.1, 0.15) is 22.3 Å². The summed E-state index contributed by atoms with van der Waals surface area (Å²) in [6.45, 7) is 0. The first-order chi connectivity index (χ1) is 16.8. The third kappa shape index (κ3) is 2.40. The third-order valence-electron chi connectivity index (χ3n) is 7.34. The average molecular weight is 436 g/mol. The van der Waals surface area contributed by atoms with E-state index >= 15 is 0 Å². The summed E-state index contributed by atoms with van der Waals surface area (Å²) in [7, 11) is -0.102. The van der Waals surface area contributed by atoms with Gasteiger partial charge >= 0.3 is 7.48 Å². The van der Waals surface area contributed by atoms with Crippen LogP contribution >= 0.6 is 0 Å². The molecule has 0 atom stereocenters. The molecule has 2 nitrogen and oxygen atoms in total. The van der Waals surface area contributed by atoms with Crippen LogP contribution in [0.25, 0.3) is 33.1 Å². The quantitative estimate of drug-likeness (QED) is 0.349. The highest BCUT2D eigenvalue weighted by Gasteiger charge is 2.48. The van der Waals surface area contributed by atoms with Gasteiger partial charge in [-0.2, -0.15) is 0 Å². The molecule has 1 N–H and O–H groups in total. The SMILES string of the molecule is OBc1c2c(cc3c1oc1ccccc13)-c1ccccc1C2(c1ccccc1)c1ccccc1. The second-order valence-electron chi connectivity index (χ2n) is 8.94. The number of benzene rings is 5. The van der Waals surface area contributed by atoms with Crippen molar-refractivity contribution in [1.29, 1.82) is 0 Å². The predicted molar refractivity (Wildman–Crippen MR) is 140 cm³/mol. The van der Waals surface area contributed by atoms with Crippen LogP contribution in [0.15, 0.2) is 120 Å². The number of hydrogen-bond acceptors (Lipinski definition) is 2. The lowest BCUT2D eigenvalue weighted by atomic mass is 9.63. The van der Waals surface area contributed by atoms with Gasteiger partial charge in [-0.3, -0.25) is 0 Å². The van der Waals surface area contributed by atoms with E-state index in [1.165, 1.54) is 22.3 Å². The first-order valence-corrected chi connectivity index (χ1v) is 11.6. The van der Waals surface area contributed by atoms with Gasteiger partial charge in [0.2, 0.25) is 0 Å². The molecule has 5 aromatic carbocycles. The van der Waals surface area contributed by atoms with Gasteiger partial charge in [0.1, 0.15) is 11.2 Å². The van der Waals surface area contributed by atoms with Gasteiger partial charge in [-0.25, -0.2) is 0 Å². The number of rotatable bonds is 3. The van der Waals surface area contributed by atoms with Crippen molar-refractivity contribution >= 4 is 34.9 Å². The monoisotopic (exact) mass is 436 g/mol. The molecule has 0 amide bonds. The Balaban J connectivity index is 1.74. The van der Waals surface area contributed by atoms with Gasteiger partial charge in [0.25, 0.3) is 0 Å². The summed E-state index contributed by atoms with van der Waals surface area (Å²) in [4.78, 5) is 0. The summed E-state index contributed by atoms with van der Waals surface area (Å²) in [5, 5.41) is 13.0. The standard InChI is InChI=1S/C31H21BO2/c33-32-29-28-24(19-25-23-16-8-10-18-27(23)34-30(25)29)22-15-7-9-17-26(22)31(28,20-11-3-1-4-12-20)21-13-5-2-6-14-21/h1-19,32-33H. The van der Waals surface area contributed by atoms with Crippen molar-refractivity contribution in [3.8, 4) is 11.1 Å². The molecule has 1 heterocycles. The molecule has 160 valence electrons.